The van der Waals surface area contributed by atoms with Gasteiger partial charge in [-0.15, -0.1) is 0 Å². The molecule has 0 spiro atoms. The third-order valence-electron chi connectivity index (χ3n) is 7.43. The molecule has 0 amide bonds. The van der Waals surface area contributed by atoms with E-state index in [1.54, 1.807) is 55.6 Å². The second-order valence-electron chi connectivity index (χ2n) is 10.0. The molecule has 0 fully saturated rings. The molecule has 204 valence electrons. The van der Waals surface area contributed by atoms with Crippen LogP contribution in [0.2, 0.25) is 0 Å². The number of ether oxygens (including phenoxy) is 1. The number of allylic oxidation sites excluding steroid dienone is 2. The molecule has 0 saturated heterocycles. The quantitative estimate of drug-likeness (QED) is 0.239. The van der Waals surface area contributed by atoms with Gasteiger partial charge in [0.25, 0.3) is 10.0 Å². The molecule has 0 radical (unpaired) electrons. The highest BCUT2D eigenvalue weighted by molar-refractivity contribution is 7.90. The van der Waals surface area contributed by atoms with Crippen LogP contribution in [0.4, 0.5) is 5.69 Å². The lowest BCUT2D eigenvalue weighted by molar-refractivity contribution is 0.103. The Hall–Kier alpha value is -4.75. The summed E-state index contributed by atoms with van der Waals surface area (Å²) in [5.74, 6) is 0.424. The molecule has 6 nitrogen and oxygen atoms in total. The zero-order chi connectivity index (χ0) is 28.6. The van der Waals surface area contributed by atoms with Crippen LogP contribution in [0.15, 0.2) is 130 Å². The van der Waals surface area contributed by atoms with Gasteiger partial charge in [-0.05, 0) is 48.9 Å². The molecule has 1 atom stereocenters. The van der Waals surface area contributed by atoms with E-state index in [0.29, 0.717) is 17.0 Å². The average molecular weight is 561 g/mol. The standard InChI is InChI=1S/C34H28N2O4S/c1-23-16-18-26(19-17-23)41(38,39)35-28-22-31(24-10-5-3-6-11-24)36-29-14-9-15-32(40-2)27(29)20-21-30(36)33(28)34(37)25-12-7-4-8-13-25/h3-21,31H,22H2,1-2H3/b35-28+. The number of aryl methyl sites for hydroxylation is 1. The number of fused-ring (bicyclic) bond motifs is 3. The van der Waals surface area contributed by atoms with Crippen molar-refractivity contribution in [1.29, 1.82) is 0 Å². The number of ketones is 1. The molecule has 4 aromatic carbocycles. The fourth-order valence-electron chi connectivity index (χ4n) is 5.44. The fraction of sp³-hybridized carbons (Fsp3) is 0.118. The van der Waals surface area contributed by atoms with Crippen molar-refractivity contribution in [3.63, 3.8) is 0 Å². The van der Waals surface area contributed by atoms with Gasteiger partial charge in [-0.3, -0.25) is 4.79 Å². The molecule has 7 heteroatoms. The van der Waals surface area contributed by atoms with Crippen molar-refractivity contribution in [1.82, 2.24) is 0 Å². The summed E-state index contributed by atoms with van der Waals surface area (Å²) >= 11 is 0. The Morgan fingerprint density at radius 2 is 1.54 bits per heavy atom. The summed E-state index contributed by atoms with van der Waals surface area (Å²) in [6.45, 7) is 1.89. The molecule has 6 rings (SSSR count). The van der Waals surface area contributed by atoms with Gasteiger partial charge in [0.15, 0.2) is 5.78 Å². The lowest BCUT2D eigenvalue weighted by Crippen LogP contribution is -2.39. The van der Waals surface area contributed by atoms with Crippen LogP contribution in [0.25, 0.3) is 6.08 Å². The summed E-state index contributed by atoms with van der Waals surface area (Å²) in [7, 11) is -2.47. The van der Waals surface area contributed by atoms with E-state index in [9.17, 15) is 13.2 Å². The lowest BCUT2D eigenvalue weighted by atomic mass is 9.84. The minimum absolute atomic E-state index is 0.0834. The molecule has 0 saturated carbocycles. The van der Waals surface area contributed by atoms with E-state index in [2.05, 4.69) is 9.30 Å². The highest BCUT2D eigenvalue weighted by Gasteiger charge is 2.39. The predicted octanol–water partition coefficient (Wildman–Crippen LogP) is 6.95. The Balaban J connectivity index is 1.63. The van der Waals surface area contributed by atoms with Crippen molar-refractivity contribution in [2.24, 2.45) is 4.40 Å². The minimum Gasteiger partial charge on any atom is -0.496 e. The smallest absolute Gasteiger partial charge is 0.282 e. The van der Waals surface area contributed by atoms with Crippen LogP contribution >= 0.6 is 0 Å². The highest BCUT2D eigenvalue weighted by atomic mass is 32.2. The number of anilines is 1. The van der Waals surface area contributed by atoms with Gasteiger partial charge in [0.2, 0.25) is 0 Å². The van der Waals surface area contributed by atoms with Gasteiger partial charge in [-0.25, -0.2) is 0 Å². The number of carbonyl (C=O) groups is 1. The first-order chi connectivity index (χ1) is 19.9. The van der Waals surface area contributed by atoms with E-state index in [4.69, 9.17) is 4.74 Å². The van der Waals surface area contributed by atoms with Crippen molar-refractivity contribution in [3.05, 3.63) is 143 Å². The third-order valence-corrected chi connectivity index (χ3v) is 8.76. The van der Waals surface area contributed by atoms with Crippen LogP contribution in [0, 0.1) is 6.92 Å². The van der Waals surface area contributed by atoms with Crippen LogP contribution in [0.1, 0.15) is 39.5 Å². The van der Waals surface area contributed by atoms with Gasteiger partial charge in [-0.2, -0.15) is 12.8 Å². The Morgan fingerprint density at radius 1 is 0.854 bits per heavy atom. The number of methoxy groups -OCH3 is 1. The highest BCUT2D eigenvalue weighted by Crippen LogP contribution is 2.47. The topological polar surface area (TPSA) is 76.0 Å². The molecular formula is C34H28N2O4S. The summed E-state index contributed by atoms with van der Waals surface area (Å²) in [4.78, 5) is 16.4. The third kappa shape index (κ3) is 4.89. The summed E-state index contributed by atoms with van der Waals surface area (Å²) in [5.41, 5.74) is 5.22. The van der Waals surface area contributed by atoms with Crippen LogP contribution < -0.4 is 9.64 Å². The second-order valence-corrected chi connectivity index (χ2v) is 11.6. The second kappa shape index (κ2) is 10.7. The fourth-order valence-corrected chi connectivity index (χ4v) is 6.48. The zero-order valence-electron chi connectivity index (χ0n) is 22.7. The molecule has 1 unspecified atom stereocenters. The molecule has 2 aliphatic rings. The van der Waals surface area contributed by atoms with Gasteiger partial charge in [0.05, 0.1) is 40.7 Å². The van der Waals surface area contributed by atoms with E-state index in [0.717, 1.165) is 22.4 Å². The monoisotopic (exact) mass is 560 g/mol. The summed E-state index contributed by atoms with van der Waals surface area (Å²) in [6.07, 6.45) is 3.99. The molecule has 0 aromatic heterocycles. The van der Waals surface area contributed by atoms with E-state index >= 15 is 0 Å². The van der Waals surface area contributed by atoms with Crippen LogP contribution in [-0.4, -0.2) is 27.0 Å². The minimum atomic E-state index is -4.10. The van der Waals surface area contributed by atoms with E-state index in [1.807, 2.05) is 73.7 Å². The van der Waals surface area contributed by atoms with Crippen LogP contribution in [0.3, 0.4) is 0 Å². The first-order valence-electron chi connectivity index (χ1n) is 13.3. The van der Waals surface area contributed by atoms with E-state index in [-0.39, 0.29) is 34.4 Å². The molecule has 2 heterocycles. The summed E-state index contributed by atoms with van der Waals surface area (Å²) in [6, 6.07) is 30.8. The largest absolute Gasteiger partial charge is 0.496 e. The van der Waals surface area contributed by atoms with Crippen molar-refractivity contribution >= 4 is 33.3 Å². The Morgan fingerprint density at radius 3 is 2.22 bits per heavy atom. The van der Waals surface area contributed by atoms with E-state index < -0.39 is 10.0 Å². The summed E-state index contributed by atoms with van der Waals surface area (Å²) < 4.78 is 37.3. The van der Waals surface area contributed by atoms with Crippen LogP contribution in [-0.2, 0) is 10.0 Å². The van der Waals surface area contributed by atoms with Gasteiger partial charge in [0.1, 0.15) is 5.75 Å². The number of Topliss-reactive ketones (excluding diaryl/α,β-unsaturated/α-hetero) is 1. The van der Waals surface area contributed by atoms with Crippen LogP contribution in [0.5, 0.6) is 5.75 Å². The molecular weight excluding hydrogens is 532 g/mol. The van der Waals surface area contributed by atoms with Crippen molar-refractivity contribution < 1.29 is 17.9 Å². The molecule has 0 bridgehead atoms. The summed E-state index contributed by atoms with van der Waals surface area (Å²) in [5, 5.41) is 0. The Kier molecular flexibility index (Phi) is 6.89. The molecule has 0 aliphatic carbocycles. The average Bonchev–Trinajstić information content (AvgIpc) is 3.00. The van der Waals surface area contributed by atoms with Gasteiger partial charge in [0, 0.05) is 17.5 Å². The zero-order valence-corrected chi connectivity index (χ0v) is 23.5. The maximum Gasteiger partial charge on any atom is 0.282 e. The van der Waals surface area contributed by atoms with Gasteiger partial charge in [-0.1, -0.05) is 84.4 Å². The lowest BCUT2D eigenvalue weighted by Gasteiger charge is -2.42. The van der Waals surface area contributed by atoms with Crippen molar-refractivity contribution in [2.45, 2.75) is 24.3 Å². The predicted molar refractivity (Wildman–Crippen MR) is 162 cm³/mol. The first kappa shape index (κ1) is 26.5. The maximum atomic E-state index is 14.2. The Labute approximate surface area is 240 Å². The normalized spacial score (nSPS) is 17.3. The number of nitrogens with zero attached hydrogens (tertiary/aromatic N) is 2. The number of hydrogen-bond acceptors (Lipinski definition) is 5. The first-order valence-corrected chi connectivity index (χ1v) is 14.8. The number of benzene rings is 4. The Bertz CT molecular complexity index is 1830. The van der Waals surface area contributed by atoms with E-state index in [1.165, 1.54) is 0 Å². The molecule has 2 aliphatic heterocycles. The van der Waals surface area contributed by atoms with Gasteiger partial charge < -0.3 is 9.64 Å². The SMILES string of the molecule is COc1cccc2c1C=CC1=C(C(=O)c3ccccc3)/C(=N/S(=O)(=O)c3ccc(C)cc3)CC(c3ccccc3)N12. The molecule has 0 N–H and O–H groups in total. The van der Waals surface area contributed by atoms with Crippen molar-refractivity contribution in [2.75, 3.05) is 12.0 Å². The number of rotatable bonds is 6. The van der Waals surface area contributed by atoms with Crippen molar-refractivity contribution in [3.8, 4) is 5.75 Å². The maximum absolute atomic E-state index is 14.2. The number of sulfonamides is 1. The molecule has 4 aromatic rings. The van der Waals surface area contributed by atoms with Gasteiger partial charge >= 0.3 is 0 Å². The number of carbonyl (C=O) groups excluding carboxylic acids is 1. The molecule has 41 heavy (non-hydrogen) atoms. The number of hydrogen-bond donors (Lipinski definition) is 0.